The number of carbonyl (C=O) groups excluding carboxylic acids is 1. The van der Waals surface area contributed by atoms with E-state index in [-0.39, 0.29) is 17.1 Å². The van der Waals surface area contributed by atoms with E-state index in [0.717, 1.165) is 0 Å². The zero-order valence-corrected chi connectivity index (χ0v) is 5.12. The molecule has 0 saturated carbocycles. The molecule has 0 aliphatic heterocycles. The van der Waals surface area contributed by atoms with Gasteiger partial charge in [-0.05, 0) is 0 Å². The maximum absolute atomic E-state index is 9.52. The molecular weight excluding hydrogens is 152 g/mol. The zero-order valence-electron chi connectivity index (χ0n) is 4.17. The van der Waals surface area contributed by atoms with Crippen LogP contribution in [-0.2, 0) is 21.9 Å². The summed E-state index contributed by atoms with van der Waals surface area (Å²) in [4.78, 5) is 9.52. The van der Waals surface area contributed by atoms with E-state index in [2.05, 4.69) is 0 Å². The van der Waals surface area contributed by atoms with E-state index in [4.69, 9.17) is 6.58 Å². The summed E-state index contributed by atoms with van der Waals surface area (Å²) >= 11 is 0. The fraction of sp³-hybridized carbons (Fsp3) is 0. The summed E-state index contributed by atoms with van der Waals surface area (Å²) < 4.78 is 0. The molecule has 0 bridgehead atoms. The predicted octanol–water partition coefficient (Wildman–Crippen LogP) is 0.932. The molecule has 0 saturated heterocycles. The maximum Gasteiger partial charge on any atom is 2.00 e. The van der Waals surface area contributed by atoms with Gasteiger partial charge in [0.1, 0.15) is 0 Å². The van der Waals surface area contributed by atoms with Crippen LogP contribution in [0.15, 0.2) is 18.2 Å². The molecule has 47 valence electrons. The normalized spacial score (nSPS) is 7.50. The molecule has 8 heavy (non-hydrogen) atoms. The Morgan fingerprint density at radius 2 is 2.12 bits per heavy atom. The van der Waals surface area contributed by atoms with Gasteiger partial charge in [-0.25, -0.2) is 18.2 Å². The molecule has 0 unspecified atom stereocenters. The molecule has 0 aromatic rings. The average Bonchev–Trinajstić information content (AvgIpc) is 1.69. The molecule has 2 heteroatoms. The summed E-state index contributed by atoms with van der Waals surface area (Å²) in [5.74, 6) is 0. The largest absolute Gasteiger partial charge is 2.00 e. The molecule has 0 spiro atoms. The third kappa shape index (κ3) is 9.11. The van der Waals surface area contributed by atoms with Crippen molar-refractivity contribution in [3.8, 4) is 0 Å². The van der Waals surface area contributed by atoms with Gasteiger partial charge in [0.05, 0.1) is 6.29 Å². The molecular formula is C6H6CuO. The molecule has 0 aliphatic rings. The monoisotopic (exact) mass is 157 g/mol. The van der Waals surface area contributed by atoms with Crippen molar-refractivity contribution in [3.63, 3.8) is 0 Å². The van der Waals surface area contributed by atoms with Crippen LogP contribution in [0.1, 0.15) is 0 Å². The Kier molecular flexibility index (Phi) is 12.8. The first-order chi connectivity index (χ1) is 3.41. The molecule has 0 amide bonds. The molecule has 0 N–H and O–H groups in total. The van der Waals surface area contributed by atoms with Crippen molar-refractivity contribution in [2.24, 2.45) is 0 Å². The Hall–Kier alpha value is -0.461. The van der Waals surface area contributed by atoms with Crippen molar-refractivity contribution in [3.05, 3.63) is 31.2 Å². The van der Waals surface area contributed by atoms with Crippen LogP contribution in [0.2, 0.25) is 0 Å². The van der Waals surface area contributed by atoms with Gasteiger partial charge >= 0.3 is 17.1 Å². The molecule has 1 nitrogen and oxygen atoms in total. The minimum atomic E-state index is 0. The van der Waals surface area contributed by atoms with Crippen LogP contribution in [0.4, 0.5) is 0 Å². The predicted molar refractivity (Wildman–Crippen MR) is 28.4 cm³/mol. The van der Waals surface area contributed by atoms with Crippen molar-refractivity contribution in [2.45, 2.75) is 0 Å². The molecule has 1 radical (unpaired) electrons. The molecule has 0 heterocycles. The first-order valence-corrected chi connectivity index (χ1v) is 1.90. The quantitative estimate of drug-likeness (QED) is 0.258. The standard InChI is InChI=1S/C6H6O.Cu/c1-2-3-4-5-6-7;/h1-6H;/q-2;+2/b4-3-;. The van der Waals surface area contributed by atoms with E-state index in [1.807, 2.05) is 0 Å². The van der Waals surface area contributed by atoms with Gasteiger partial charge in [-0.1, -0.05) is 0 Å². The van der Waals surface area contributed by atoms with Gasteiger partial charge in [-0.2, -0.15) is 6.42 Å². The van der Waals surface area contributed by atoms with E-state index in [1.165, 1.54) is 12.5 Å². The summed E-state index contributed by atoms with van der Waals surface area (Å²) in [6.07, 6.45) is 6.56. The molecule has 0 aromatic heterocycles. The smallest absolute Gasteiger partial charge is 0.320 e. The fourth-order valence-corrected chi connectivity index (χ4v) is 0.174. The van der Waals surface area contributed by atoms with Gasteiger partial charge in [0, 0.05) is 0 Å². The van der Waals surface area contributed by atoms with E-state index >= 15 is 0 Å². The number of hydrogen-bond donors (Lipinski definition) is 0. The molecule has 0 aliphatic carbocycles. The summed E-state index contributed by atoms with van der Waals surface area (Å²) in [6, 6.07) is 0. The summed E-state index contributed by atoms with van der Waals surface area (Å²) in [7, 11) is 0. The Bertz CT molecular complexity index is 86.5. The van der Waals surface area contributed by atoms with Crippen molar-refractivity contribution in [2.75, 3.05) is 0 Å². The van der Waals surface area contributed by atoms with Crippen LogP contribution in [0.3, 0.4) is 0 Å². The van der Waals surface area contributed by atoms with Gasteiger partial charge in [0.15, 0.2) is 0 Å². The molecule has 0 rings (SSSR count). The third-order valence-electron chi connectivity index (χ3n) is 0.412. The van der Waals surface area contributed by atoms with Crippen molar-refractivity contribution in [1.29, 1.82) is 0 Å². The number of aldehydes is 1. The number of allylic oxidation sites excluding steroid dienone is 3. The topological polar surface area (TPSA) is 17.1 Å². The van der Waals surface area contributed by atoms with Crippen LogP contribution < -0.4 is 0 Å². The number of rotatable bonds is 3. The first-order valence-electron chi connectivity index (χ1n) is 1.90. The second-order valence-electron chi connectivity index (χ2n) is 0.906. The minimum absolute atomic E-state index is 0. The van der Waals surface area contributed by atoms with Gasteiger partial charge in [-0.3, -0.25) is 6.58 Å². The Labute approximate surface area is 59.9 Å². The molecule has 0 atom stereocenters. The minimum Gasteiger partial charge on any atom is -0.320 e. The first kappa shape index (κ1) is 10.5. The van der Waals surface area contributed by atoms with Crippen molar-refractivity contribution >= 4 is 6.29 Å². The van der Waals surface area contributed by atoms with E-state index in [0.29, 0.717) is 6.29 Å². The summed E-state index contributed by atoms with van der Waals surface area (Å²) in [5, 5.41) is 0. The van der Waals surface area contributed by atoms with Crippen LogP contribution in [0.5, 0.6) is 0 Å². The Morgan fingerprint density at radius 1 is 1.50 bits per heavy atom. The van der Waals surface area contributed by atoms with Gasteiger partial charge in [0.25, 0.3) is 0 Å². The van der Waals surface area contributed by atoms with Gasteiger partial charge in [-0.15, -0.1) is 0 Å². The van der Waals surface area contributed by atoms with Crippen LogP contribution >= 0.6 is 0 Å². The van der Waals surface area contributed by atoms with Crippen LogP contribution in [-0.4, -0.2) is 6.29 Å². The third-order valence-corrected chi connectivity index (χ3v) is 0.412. The Morgan fingerprint density at radius 3 is 2.50 bits per heavy atom. The van der Waals surface area contributed by atoms with E-state index in [1.54, 1.807) is 12.2 Å². The van der Waals surface area contributed by atoms with Crippen molar-refractivity contribution < 1.29 is 21.9 Å². The molecule has 0 aromatic carbocycles. The van der Waals surface area contributed by atoms with Crippen LogP contribution in [0, 0.1) is 13.0 Å². The second-order valence-corrected chi connectivity index (χ2v) is 0.906. The number of carbonyl (C=O) groups is 1. The molecule has 0 fully saturated rings. The van der Waals surface area contributed by atoms with Crippen molar-refractivity contribution in [1.82, 2.24) is 0 Å². The second kappa shape index (κ2) is 9.74. The maximum atomic E-state index is 9.52. The van der Waals surface area contributed by atoms with Gasteiger partial charge in [0.2, 0.25) is 0 Å². The van der Waals surface area contributed by atoms with E-state index < -0.39 is 0 Å². The van der Waals surface area contributed by atoms with Crippen LogP contribution in [0.25, 0.3) is 0 Å². The average molecular weight is 158 g/mol. The SMILES string of the molecule is [CH-]=C/C=C\[CH-]C=O.[Cu+2]. The fourth-order valence-electron chi connectivity index (χ4n) is 0.174. The zero-order chi connectivity index (χ0) is 5.54. The summed E-state index contributed by atoms with van der Waals surface area (Å²) in [6.45, 7) is 4.92. The summed E-state index contributed by atoms with van der Waals surface area (Å²) in [5.41, 5.74) is 0. The number of hydrogen-bond acceptors (Lipinski definition) is 1. The van der Waals surface area contributed by atoms with E-state index in [9.17, 15) is 4.79 Å². The Balaban J connectivity index is 0. The van der Waals surface area contributed by atoms with Gasteiger partial charge < -0.3 is 4.79 Å².